The average Bonchev–Trinajstić information content (AvgIpc) is 3.25. The van der Waals surface area contributed by atoms with Crippen molar-refractivity contribution in [3.63, 3.8) is 0 Å². The van der Waals surface area contributed by atoms with Gasteiger partial charge < -0.3 is 9.47 Å². The lowest BCUT2D eigenvalue weighted by Gasteiger charge is -2.61. The summed E-state index contributed by atoms with van der Waals surface area (Å²) in [6.45, 7) is 8.20. The Morgan fingerprint density at radius 2 is 1.66 bits per heavy atom. The van der Waals surface area contributed by atoms with Gasteiger partial charge in [0.2, 0.25) is 0 Å². The monoisotopic (exact) mass is 544 g/mol. The quantitative estimate of drug-likeness (QED) is 0.278. The third-order valence-electron chi connectivity index (χ3n) is 12.0. The summed E-state index contributed by atoms with van der Waals surface area (Å²) in [5.41, 5.74) is 1.65. The third kappa shape index (κ3) is 4.90. The molecular formula is C32H48O5S. The Bertz CT molecular complexity index is 1080. The van der Waals surface area contributed by atoms with Gasteiger partial charge in [-0.1, -0.05) is 31.5 Å². The van der Waals surface area contributed by atoms with Crippen LogP contribution < -0.4 is 0 Å². The van der Waals surface area contributed by atoms with Gasteiger partial charge >= 0.3 is 0 Å². The highest BCUT2D eigenvalue weighted by atomic mass is 32.2. The molecule has 0 spiro atoms. The van der Waals surface area contributed by atoms with Crippen LogP contribution in [0.2, 0.25) is 0 Å². The molecule has 1 aromatic rings. The molecule has 1 heterocycles. The van der Waals surface area contributed by atoms with Gasteiger partial charge in [-0.25, -0.2) is 0 Å². The van der Waals surface area contributed by atoms with Gasteiger partial charge in [-0.05, 0) is 137 Å². The smallest absolute Gasteiger partial charge is 0.296 e. The van der Waals surface area contributed by atoms with Gasteiger partial charge in [0.15, 0.2) is 6.29 Å². The second kappa shape index (κ2) is 10.5. The summed E-state index contributed by atoms with van der Waals surface area (Å²) in [4.78, 5) is 0.271. The van der Waals surface area contributed by atoms with Crippen LogP contribution in [0.25, 0.3) is 0 Å². The molecule has 4 aliphatic carbocycles. The molecule has 1 saturated heterocycles. The number of hydrogen-bond donors (Lipinski definition) is 0. The molecule has 38 heavy (non-hydrogen) atoms. The molecule has 6 heteroatoms. The van der Waals surface area contributed by atoms with Crippen molar-refractivity contribution in [1.29, 1.82) is 0 Å². The highest BCUT2D eigenvalue weighted by Crippen LogP contribution is 2.67. The molecule has 0 N–H and O–H groups in total. The van der Waals surface area contributed by atoms with Crippen LogP contribution in [-0.2, 0) is 23.8 Å². The Labute approximate surface area is 230 Å². The van der Waals surface area contributed by atoms with Crippen molar-refractivity contribution in [2.45, 2.75) is 115 Å². The molecule has 0 aromatic heterocycles. The van der Waals surface area contributed by atoms with E-state index in [-0.39, 0.29) is 16.6 Å². The maximum atomic E-state index is 12.9. The number of aryl methyl sites for hydroxylation is 1. The Kier molecular flexibility index (Phi) is 7.50. The zero-order valence-corrected chi connectivity index (χ0v) is 24.5. The van der Waals surface area contributed by atoms with E-state index in [1.165, 1.54) is 64.2 Å². The summed E-state index contributed by atoms with van der Waals surface area (Å²) < 4.78 is 43.9. The molecule has 1 aromatic carbocycles. The van der Waals surface area contributed by atoms with Crippen molar-refractivity contribution in [3.8, 4) is 0 Å². The van der Waals surface area contributed by atoms with E-state index in [1.807, 2.05) is 19.1 Å². The third-order valence-corrected chi connectivity index (χ3v) is 13.3. The summed E-state index contributed by atoms with van der Waals surface area (Å²) in [5.74, 6) is 3.34. The Balaban J connectivity index is 1.09. The van der Waals surface area contributed by atoms with E-state index < -0.39 is 10.1 Å². The van der Waals surface area contributed by atoms with Gasteiger partial charge in [-0.15, -0.1) is 0 Å². The number of hydrogen-bond acceptors (Lipinski definition) is 5. The predicted octanol–water partition coefficient (Wildman–Crippen LogP) is 7.27. The number of ether oxygens (including phenoxy) is 2. The molecule has 212 valence electrons. The van der Waals surface area contributed by atoms with Crippen molar-refractivity contribution < 1.29 is 22.1 Å². The van der Waals surface area contributed by atoms with Crippen LogP contribution >= 0.6 is 0 Å². The Hall–Kier alpha value is -0.950. The van der Waals surface area contributed by atoms with E-state index in [0.29, 0.717) is 30.0 Å². The van der Waals surface area contributed by atoms with Gasteiger partial charge in [0.05, 0.1) is 17.6 Å². The fourth-order valence-corrected chi connectivity index (χ4v) is 10.7. The summed E-state index contributed by atoms with van der Waals surface area (Å²) in [7, 11) is -3.71. The van der Waals surface area contributed by atoms with Crippen molar-refractivity contribution in [2.75, 3.05) is 13.2 Å². The highest BCUT2D eigenvalue weighted by Gasteiger charge is 2.60. The topological polar surface area (TPSA) is 61.8 Å². The highest BCUT2D eigenvalue weighted by molar-refractivity contribution is 7.86. The molecule has 5 fully saturated rings. The molecule has 0 unspecified atom stereocenters. The zero-order valence-electron chi connectivity index (χ0n) is 23.7. The number of fused-ring (bicyclic) bond motifs is 5. The first-order valence-corrected chi connectivity index (χ1v) is 16.8. The molecule has 1 aliphatic heterocycles. The van der Waals surface area contributed by atoms with E-state index >= 15 is 0 Å². The first-order valence-electron chi connectivity index (χ1n) is 15.4. The minimum atomic E-state index is -3.71. The van der Waals surface area contributed by atoms with Crippen LogP contribution in [-0.4, -0.2) is 34.0 Å². The minimum absolute atomic E-state index is 0.0253. The largest absolute Gasteiger partial charge is 0.353 e. The molecule has 0 amide bonds. The lowest BCUT2D eigenvalue weighted by molar-refractivity contribution is -0.212. The molecular weight excluding hydrogens is 496 g/mol. The van der Waals surface area contributed by atoms with Crippen molar-refractivity contribution >= 4 is 10.1 Å². The average molecular weight is 545 g/mol. The van der Waals surface area contributed by atoms with Crippen LogP contribution in [0.15, 0.2) is 29.2 Å². The fourth-order valence-electron chi connectivity index (χ4n) is 9.70. The first-order chi connectivity index (χ1) is 18.2. The molecule has 0 radical (unpaired) electrons. The lowest BCUT2D eigenvalue weighted by Crippen LogP contribution is -2.54. The van der Waals surface area contributed by atoms with Gasteiger partial charge in [-0.2, -0.15) is 8.42 Å². The number of rotatable bonds is 6. The molecule has 6 rings (SSSR count). The zero-order chi connectivity index (χ0) is 26.5. The second-order valence-electron chi connectivity index (χ2n) is 13.9. The molecule has 5 aliphatic rings. The summed E-state index contributed by atoms with van der Waals surface area (Å²) in [5, 5.41) is 0. The maximum absolute atomic E-state index is 12.9. The summed E-state index contributed by atoms with van der Waals surface area (Å²) >= 11 is 0. The standard InChI is InChI=1S/C32H48O5S/c1-22-7-11-26(12-8-22)38(33,34)36-21-24-10-14-28-27-13-9-23-20-25(37-30-6-4-5-19-35-30)15-17-31(23,2)29(27)16-18-32(24,28)3/h7-8,11-12,23-25,27-30H,4-6,9-10,13-21H2,1-3H3/t23-,24+,25-,27-,28-,29+,30+,31-,32+/m0/s1. The normalized spacial score (nSPS) is 43.2. The van der Waals surface area contributed by atoms with Gasteiger partial charge in [0.25, 0.3) is 10.1 Å². The second-order valence-corrected chi connectivity index (χ2v) is 15.5. The first kappa shape index (κ1) is 27.2. The van der Waals surface area contributed by atoms with Gasteiger partial charge in [-0.3, -0.25) is 4.18 Å². The van der Waals surface area contributed by atoms with E-state index in [4.69, 9.17) is 13.7 Å². The van der Waals surface area contributed by atoms with Crippen molar-refractivity contribution in [3.05, 3.63) is 29.8 Å². The Morgan fingerprint density at radius 3 is 2.42 bits per heavy atom. The van der Waals surface area contributed by atoms with Crippen molar-refractivity contribution in [1.82, 2.24) is 0 Å². The van der Waals surface area contributed by atoms with Crippen LogP contribution in [0.3, 0.4) is 0 Å². The van der Waals surface area contributed by atoms with E-state index in [0.717, 1.165) is 42.8 Å². The summed E-state index contributed by atoms with van der Waals surface area (Å²) in [6, 6.07) is 7.00. The maximum Gasteiger partial charge on any atom is 0.296 e. The predicted molar refractivity (Wildman–Crippen MR) is 148 cm³/mol. The SMILES string of the molecule is Cc1ccc(S(=O)(=O)OC[C@H]2CC[C@H]3[C@@H]4CC[C@H]5C[C@@H](O[C@@H]6CCCCO6)CC[C@]5(C)[C@@H]4CC[C@]23C)cc1. The molecule has 0 bridgehead atoms. The van der Waals surface area contributed by atoms with E-state index in [1.54, 1.807) is 12.1 Å². The van der Waals surface area contributed by atoms with Gasteiger partial charge in [0, 0.05) is 6.61 Å². The fraction of sp³-hybridized carbons (Fsp3) is 0.812. The molecule has 4 saturated carbocycles. The van der Waals surface area contributed by atoms with E-state index in [9.17, 15) is 8.42 Å². The van der Waals surface area contributed by atoms with Crippen LogP contribution in [0.1, 0.15) is 96.5 Å². The Morgan fingerprint density at radius 1 is 0.895 bits per heavy atom. The van der Waals surface area contributed by atoms with Crippen LogP contribution in [0.4, 0.5) is 0 Å². The lowest BCUT2D eigenvalue weighted by atomic mass is 9.44. The summed E-state index contributed by atoms with van der Waals surface area (Å²) in [6.07, 6.45) is 14.9. The van der Waals surface area contributed by atoms with E-state index in [2.05, 4.69) is 13.8 Å². The van der Waals surface area contributed by atoms with Crippen molar-refractivity contribution in [2.24, 2.45) is 40.4 Å². The van der Waals surface area contributed by atoms with Crippen LogP contribution in [0.5, 0.6) is 0 Å². The minimum Gasteiger partial charge on any atom is -0.353 e. The molecule has 5 nitrogen and oxygen atoms in total. The van der Waals surface area contributed by atoms with Gasteiger partial charge in [0.1, 0.15) is 0 Å². The number of benzene rings is 1. The molecule has 9 atom stereocenters. The van der Waals surface area contributed by atoms with Crippen LogP contribution in [0, 0.1) is 47.3 Å².